The fourth-order valence-corrected chi connectivity index (χ4v) is 4.89. The molecule has 11 heteroatoms. The lowest BCUT2D eigenvalue weighted by atomic mass is 9.76. The Morgan fingerprint density at radius 2 is 1.97 bits per heavy atom. The average Bonchev–Trinajstić information content (AvgIpc) is 3.39. The van der Waals surface area contributed by atoms with Crippen LogP contribution in [0.1, 0.15) is 33.5 Å². The fourth-order valence-electron chi connectivity index (χ4n) is 4.37. The first kappa shape index (κ1) is 26.2. The van der Waals surface area contributed by atoms with Crippen LogP contribution in [0.25, 0.3) is 0 Å². The molecule has 0 bridgehead atoms. The number of hydroxylamine groups is 2. The van der Waals surface area contributed by atoms with Crippen LogP contribution in [0.4, 0.5) is 13.2 Å². The van der Waals surface area contributed by atoms with Crippen LogP contribution in [0.15, 0.2) is 54.0 Å². The molecule has 36 heavy (non-hydrogen) atoms. The summed E-state index contributed by atoms with van der Waals surface area (Å²) in [6, 6.07) is 7.74. The van der Waals surface area contributed by atoms with Gasteiger partial charge in [0, 0.05) is 27.7 Å². The molecule has 6 nitrogen and oxygen atoms in total. The molecule has 4 rings (SSSR count). The first-order chi connectivity index (χ1) is 16.9. The molecule has 2 aliphatic rings. The van der Waals surface area contributed by atoms with E-state index in [0.717, 1.165) is 5.06 Å². The van der Waals surface area contributed by atoms with Crippen LogP contribution in [0.5, 0.6) is 0 Å². The van der Waals surface area contributed by atoms with E-state index in [0.29, 0.717) is 11.1 Å². The zero-order chi connectivity index (χ0) is 26.3. The minimum atomic E-state index is -4.60. The molecule has 2 aliphatic heterocycles. The van der Waals surface area contributed by atoms with Gasteiger partial charge in [0.1, 0.15) is 18.1 Å². The van der Waals surface area contributed by atoms with Gasteiger partial charge in [-0.3, -0.25) is 19.4 Å². The predicted molar refractivity (Wildman–Crippen MR) is 131 cm³/mol. The fraction of sp³-hybridized carbons (Fsp3) is 0.320. The number of halogens is 5. The number of hydrogen-bond donors (Lipinski definition) is 1. The molecule has 1 saturated heterocycles. The summed E-state index contributed by atoms with van der Waals surface area (Å²) in [4.78, 5) is 34.6. The molecule has 1 unspecified atom stereocenters. The van der Waals surface area contributed by atoms with Crippen molar-refractivity contribution in [3.05, 3.63) is 81.4 Å². The van der Waals surface area contributed by atoms with Crippen LogP contribution in [0, 0.1) is 6.92 Å². The summed E-state index contributed by atoms with van der Waals surface area (Å²) in [6.45, 7) is 4.90. The molecule has 0 aliphatic carbocycles. The molecule has 0 spiro atoms. The van der Waals surface area contributed by atoms with Gasteiger partial charge in [0.2, 0.25) is 0 Å². The highest BCUT2D eigenvalue weighted by atomic mass is 35.5. The maximum absolute atomic E-state index is 14.3. The number of benzene rings is 2. The second kappa shape index (κ2) is 9.88. The van der Waals surface area contributed by atoms with E-state index in [4.69, 9.17) is 28.0 Å². The molecular formula is C25H22Cl2F3N3O3. The predicted octanol–water partition coefficient (Wildman–Crippen LogP) is 5.05. The Balaban J connectivity index is 1.54. The number of rotatable bonds is 6. The summed E-state index contributed by atoms with van der Waals surface area (Å²) >= 11 is 12.0. The van der Waals surface area contributed by atoms with Crippen molar-refractivity contribution < 1.29 is 27.6 Å². The largest absolute Gasteiger partial charge is 0.400 e. The van der Waals surface area contributed by atoms with E-state index in [1.807, 2.05) is 0 Å². The molecule has 1 N–H and O–H groups in total. The van der Waals surface area contributed by atoms with Crippen LogP contribution >= 0.6 is 23.2 Å². The van der Waals surface area contributed by atoms with Gasteiger partial charge in [-0.2, -0.15) is 13.2 Å². The topological polar surface area (TPSA) is 71.0 Å². The molecular weight excluding hydrogens is 518 g/mol. The van der Waals surface area contributed by atoms with Gasteiger partial charge in [-0.15, -0.1) is 6.58 Å². The molecule has 0 saturated carbocycles. The molecule has 190 valence electrons. The highest BCUT2D eigenvalue weighted by Gasteiger charge is 2.58. The zero-order valence-corrected chi connectivity index (χ0v) is 20.7. The third-order valence-electron chi connectivity index (χ3n) is 6.31. The normalized spacial score (nSPS) is 22.1. The number of amides is 2. The van der Waals surface area contributed by atoms with E-state index in [1.165, 1.54) is 30.3 Å². The first-order valence-corrected chi connectivity index (χ1v) is 11.7. The van der Waals surface area contributed by atoms with Crippen LogP contribution < -0.4 is 5.32 Å². The SMILES string of the molecule is C=CCN1OC[C@@H](NC(=O)c2ccc(C3=NCC(c4cc(Cl)cc(Cl)c4)(C(F)(F)F)C3)cc2C)C1=O. The van der Waals surface area contributed by atoms with Crippen molar-refractivity contribution in [3.8, 4) is 0 Å². The summed E-state index contributed by atoms with van der Waals surface area (Å²) in [5.74, 6) is -0.879. The van der Waals surface area contributed by atoms with Gasteiger partial charge in [-0.1, -0.05) is 35.3 Å². The molecule has 1 fully saturated rings. The molecule has 0 aromatic heterocycles. The van der Waals surface area contributed by atoms with Gasteiger partial charge in [-0.25, -0.2) is 5.06 Å². The Morgan fingerprint density at radius 1 is 1.28 bits per heavy atom. The summed E-state index contributed by atoms with van der Waals surface area (Å²) in [7, 11) is 0. The Hall–Kier alpha value is -2.88. The minimum absolute atomic E-state index is 0.000601. The highest BCUT2D eigenvalue weighted by molar-refractivity contribution is 6.34. The summed E-state index contributed by atoms with van der Waals surface area (Å²) < 4.78 is 43.0. The van der Waals surface area contributed by atoms with Gasteiger partial charge in [-0.05, 0) is 53.9 Å². The van der Waals surface area contributed by atoms with Crippen molar-refractivity contribution in [1.29, 1.82) is 0 Å². The number of carbonyl (C=O) groups is 2. The van der Waals surface area contributed by atoms with E-state index in [9.17, 15) is 22.8 Å². The van der Waals surface area contributed by atoms with E-state index in [2.05, 4.69) is 16.9 Å². The number of carbonyl (C=O) groups excluding carboxylic acids is 2. The van der Waals surface area contributed by atoms with Crippen LogP contribution in [0.2, 0.25) is 10.0 Å². The van der Waals surface area contributed by atoms with E-state index in [-0.39, 0.29) is 45.9 Å². The summed E-state index contributed by atoms with van der Waals surface area (Å²) in [5, 5.41) is 3.97. The molecule has 2 atom stereocenters. The van der Waals surface area contributed by atoms with E-state index in [1.54, 1.807) is 19.1 Å². The van der Waals surface area contributed by atoms with Crippen LogP contribution in [-0.4, -0.2) is 54.5 Å². The molecule has 2 heterocycles. The van der Waals surface area contributed by atoms with Gasteiger partial charge in [0.15, 0.2) is 0 Å². The number of aliphatic imine (C=N–C) groups is 1. The lowest BCUT2D eigenvalue weighted by molar-refractivity contribution is -0.183. The monoisotopic (exact) mass is 539 g/mol. The maximum Gasteiger partial charge on any atom is 0.400 e. The Bertz CT molecular complexity index is 1240. The summed E-state index contributed by atoms with van der Waals surface area (Å²) in [5.41, 5.74) is -0.763. The molecule has 0 radical (unpaired) electrons. The average molecular weight is 540 g/mol. The van der Waals surface area contributed by atoms with Crippen molar-refractivity contribution in [3.63, 3.8) is 0 Å². The number of nitrogens with one attached hydrogen (secondary N) is 1. The van der Waals surface area contributed by atoms with Crippen molar-refractivity contribution in [2.75, 3.05) is 19.7 Å². The van der Waals surface area contributed by atoms with Crippen molar-refractivity contribution in [2.45, 2.75) is 31.0 Å². The number of aryl methyl sites for hydroxylation is 1. The maximum atomic E-state index is 14.3. The van der Waals surface area contributed by atoms with Crippen LogP contribution in [0.3, 0.4) is 0 Å². The third kappa shape index (κ3) is 4.87. The second-order valence-electron chi connectivity index (χ2n) is 8.72. The van der Waals surface area contributed by atoms with Crippen LogP contribution in [-0.2, 0) is 15.0 Å². The quantitative estimate of drug-likeness (QED) is 0.522. The number of nitrogens with zero attached hydrogens (tertiary/aromatic N) is 2. The standard InChI is InChI=1S/C25H22Cl2F3N3O3/c1-3-6-33-23(35)21(12-36-33)32-22(34)19-5-4-15(7-14(19)2)20-11-24(13-31-20,25(28,29)30)16-8-17(26)10-18(27)9-16/h3-5,7-10,21H,1,6,11-13H2,2H3,(H,32,34)/t21-,24?/m1/s1. The van der Waals surface area contributed by atoms with E-state index >= 15 is 0 Å². The molecule has 2 aromatic carbocycles. The Morgan fingerprint density at radius 3 is 2.58 bits per heavy atom. The number of alkyl halides is 3. The Kier molecular flexibility index (Phi) is 7.19. The zero-order valence-electron chi connectivity index (χ0n) is 19.2. The second-order valence-corrected chi connectivity index (χ2v) is 9.59. The van der Waals surface area contributed by atoms with Gasteiger partial charge in [0.05, 0.1) is 13.1 Å². The first-order valence-electron chi connectivity index (χ1n) is 11.0. The minimum Gasteiger partial charge on any atom is -0.338 e. The smallest absolute Gasteiger partial charge is 0.338 e. The van der Waals surface area contributed by atoms with Crippen molar-refractivity contribution in [2.24, 2.45) is 4.99 Å². The number of hydrogen-bond acceptors (Lipinski definition) is 4. The third-order valence-corrected chi connectivity index (χ3v) is 6.75. The Labute approximate surface area is 215 Å². The van der Waals surface area contributed by atoms with Gasteiger partial charge < -0.3 is 5.32 Å². The highest BCUT2D eigenvalue weighted by Crippen LogP contribution is 2.48. The molecule has 2 amide bonds. The van der Waals surface area contributed by atoms with E-state index < -0.39 is 36.5 Å². The summed E-state index contributed by atoms with van der Waals surface area (Å²) in [6.07, 6.45) is -3.49. The van der Waals surface area contributed by atoms with Crippen molar-refractivity contribution >= 4 is 40.7 Å². The van der Waals surface area contributed by atoms with Crippen molar-refractivity contribution in [1.82, 2.24) is 10.4 Å². The molecule has 2 aromatic rings. The lowest BCUT2D eigenvalue weighted by Gasteiger charge is -2.31. The van der Waals surface area contributed by atoms with Gasteiger partial charge in [0.25, 0.3) is 11.8 Å². The lowest BCUT2D eigenvalue weighted by Crippen LogP contribution is -2.43. The van der Waals surface area contributed by atoms with Gasteiger partial charge >= 0.3 is 6.18 Å².